The molecule has 1 aliphatic carbocycles. The molecule has 0 amide bonds. The number of anilines is 1. The molecule has 0 aliphatic heterocycles. The molecular formula is C23H29N5O2. The Morgan fingerprint density at radius 2 is 1.93 bits per heavy atom. The number of pyridine rings is 2. The van der Waals surface area contributed by atoms with Crippen LogP contribution in [0.3, 0.4) is 0 Å². The zero-order valence-electron chi connectivity index (χ0n) is 18.1. The van der Waals surface area contributed by atoms with Gasteiger partial charge in [-0.2, -0.15) is 5.10 Å². The lowest BCUT2D eigenvalue weighted by Gasteiger charge is -2.22. The van der Waals surface area contributed by atoms with Crippen LogP contribution in [0.25, 0.3) is 22.2 Å². The van der Waals surface area contributed by atoms with Crippen LogP contribution in [0.4, 0.5) is 5.82 Å². The molecule has 7 heteroatoms. The molecule has 1 saturated carbocycles. The third-order valence-electron chi connectivity index (χ3n) is 5.89. The zero-order valence-corrected chi connectivity index (χ0v) is 18.1. The third kappa shape index (κ3) is 3.64. The van der Waals surface area contributed by atoms with Gasteiger partial charge in [-0.15, -0.1) is 0 Å². The number of fused-ring (bicyclic) bond motifs is 1. The lowest BCUT2D eigenvalue weighted by Crippen LogP contribution is -2.15. The molecule has 4 rings (SSSR count). The summed E-state index contributed by atoms with van der Waals surface area (Å²) in [5, 5.41) is 15.7. The van der Waals surface area contributed by atoms with Crippen LogP contribution < -0.4 is 4.90 Å². The molecule has 0 unspecified atom stereocenters. The van der Waals surface area contributed by atoms with E-state index in [9.17, 15) is 9.90 Å². The molecule has 3 aromatic heterocycles. The SMILES string of the molecule is CC(C)c1nn(C2CCCCC2)c2nc(C(=O)O)cc(-c3ccc(N(C)C)nc3)c12. The highest BCUT2D eigenvalue weighted by atomic mass is 16.4. The Hall–Kier alpha value is -2.96. The van der Waals surface area contributed by atoms with E-state index in [1.54, 1.807) is 12.3 Å². The lowest BCUT2D eigenvalue weighted by atomic mass is 9.95. The van der Waals surface area contributed by atoms with Crippen LogP contribution in [0.2, 0.25) is 0 Å². The van der Waals surface area contributed by atoms with E-state index >= 15 is 0 Å². The predicted octanol–water partition coefficient (Wildman–Crippen LogP) is 4.89. The minimum Gasteiger partial charge on any atom is -0.477 e. The highest BCUT2D eigenvalue weighted by Crippen LogP contribution is 2.38. The summed E-state index contributed by atoms with van der Waals surface area (Å²) in [5.41, 5.74) is 3.40. The number of hydrogen-bond donors (Lipinski definition) is 1. The summed E-state index contributed by atoms with van der Waals surface area (Å²) in [6, 6.07) is 5.87. The molecule has 0 saturated heterocycles. The van der Waals surface area contributed by atoms with Crippen LogP contribution in [-0.2, 0) is 0 Å². The molecule has 1 aliphatic rings. The van der Waals surface area contributed by atoms with Crippen LogP contribution in [0, 0.1) is 0 Å². The summed E-state index contributed by atoms with van der Waals surface area (Å²) in [4.78, 5) is 22.9. The van der Waals surface area contributed by atoms with E-state index in [0.29, 0.717) is 5.65 Å². The van der Waals surface area contributed by atoms with E-state index in [1.807, 2.05) is 35.8 Å². The first-order valence-corrected chi connectivity index (χ1v) is 10.7. The van der Waals surface area contributed by atoms with Gasteiger partial charge < -0.3 is 10.0 Å². The van der Waals surface area contributed by atoms with Gasteiger partial charge in [-0.1, -0.05) is 33.1 Å². The Bertz CT molecular complexity index is 1060. The normalized spacial score (nSPS) is 15.1. The van der Waals surface area contributed by atoms with Crippen molar-refractivity contribution in [2.75, 3.05) is 19.0 Å². The van der Waals surface area contributed by atoms with Crippen LogP contribution in [0.5, 0.6) is 0 Å². The van der Waals surface area contributed by atoms with E-state index in [4.69, 9.17) is 5.10 Å². The topological polar surface area (TPSA) is 84.1 Å². The second kappa shape index (κ2) is 8.05. The molecule has 3 heterocycles. The average molecular weight is 408 g/mol. The molecule has 3 aromatic rings. The van der Waals surface area contributed by atoms with Crippen LogP contribution >= 0.6 is 0 Å². The summed E-state index contributed by atoms with van der Waals surface area (Å²) in [7, 11) is 3.89. The molecule has 158 valence electrons. The van der Waals surface area contributed by atoms with Crippen molar-refractivity contribution in [2.24, 2.45) is 0 Å². The first kappa shape index (κ1) is 20.3. The summed E-state index contributed by atoms with van der Waals surface area (Å²) in [5.74, 6) is 0.0191. The van der Waals surface area contributed by atoms with Gasteiger partial charge >= 0.3 is 5.97 Å². The molecule has 0 radical (unpaired) electrons. The summed E-state index contributed by atoms with van der Waals surface area (Å²) in [6.45, 7) is 4.24. The second-order valence-corrected chi connectivity index (χ2v) is 8.63. The van der Waals surface area contributed by atoms with E-state index < -0.39 is 5.97 Å². The minimum absolute atomic E-state index is 0.0430. The third-order valence-corrected chi connectivity index (χ3v) is 5.89. The van der Waals surface area contributed by atoms with Crippen LogP contribution in [0.15, 0.2) is 24.4 Å². The number of aromatic nitrogens is 4. The molecule has 1 N–H and O–H groups in total. The molecule has 7 nitrogen and oxygen atoms in total. The Kier molecular flexibility index (Phi) is 5.45. The van der Waals surface area contributed by atoms with Crippen molar-refractivity contribution in [1.29, 1.82) is 0 Å². The van der Waals surface area contributed by atoms with Gasteiger partial charge in [-0.3, -0.25) is 0 Å². The number of nitrogens with zero attached hydrogens (tertiary/aromatic N) is 5. The van der Waals surface area contributed by atoms with E-state index in [2.05, 4.69) is 23.8 Å². The molecule has 1 fully saturated rings. The largest absolute Gasteiger partial charge is 0.477 e. The fourth-order valence-electron chi connectivity index (χ4n) is 4.29. The van der Waals surface area contributed by atoms with Gasteiger partial charge in [0.25, 0.3) is 0 Å². The van der Waals surface area contributed by atoms with Crippen molar-refractivity contribution in [2.45, 2.75) is 57.9 Å². The molecule has 30 heavy (non-hydrogen) atoms. The monoisotopic (exact) mass is 407 g/mol. The van der Waals surface area contributed by atoms with Gasteiger partial charge in [0.2, 0.25) is 0 Å². The summed E-state index contributed by atoms with van der Waals surface area (Å²) < 4.78 is 2.00. The highest BCUT2D eigenvalue weighted by molar-refractivity contribution is 5.99. The molecule has 0 spiro atoms. The van der Waals surface area contributed by atoms with Crippen molar-refractivity contribution < 1.29 is 9.90 Å². The quantitative estimate of drug-likeness (QED) is 0.648. The maximum atomic E-state index is 11.9. The second-order valence-electron chi connectivity index (χ2n) is 8.63. The fraction of sp³-hybridized carbons (Fsp3) is 0.478. The summed E-state index contributed by atoms with van der Waals surface area (Å²) >= 11 is 0. The maximum absolute atomic E-state index is 11.9. The van der Waals surface area contributed by atoms with Crippen molar-refractivity contribution in [3.05, 3.63) is 35.8 Å². The number of carbonyl (C=O) groups is 1. The van der Waals surface area contributed by atoms with Crippen molar-refractivity contribution >= 4 is 22.8 Å². The number of aromatic carboxylic acids is 1. The maximum Gasteiger partial charge on any atom is 0.354 e. The molecule has 0 atom stereocenters. The van der Waals surface area contributed by atoms with Gasteiger partial charge in [0.05, 0.1) is 17.1 Å². The Morgan fingerprint density at radius 1 is 1.20 bits per heavy atom. The number of hydrogen-bond acceptors (Lipinski definition) is 5. The van der Waals surface area contributed by atoms with Gasteiger partial charge in [0.1, 0.15) is 5.82 Å². The predicted molar refractivity (Wildman–Crippen MR) is 118 cm³/mol. The lowest BCUT2D eigenvalue weighted by molar-refractivity contribution is 0.0691. The van der Waals surface area contributed by atoms with E-state index in [0.717, 1.165) is 40.9 Å². The fourth-order valence-corrected chi connectivity index (χ4v) is 4.29. The minimum atomic E-state index is -1.03. The van der Waals surface area contributed by atoms with Gasteiger partial charge in [-0.25, -0.2) is 19.4 Å². The number of carboxylic acid groups (broad SMARTS) is 1. The summed E-state index contributed by atoms with van der Waals surface area (Å²) in [6.07, 6.45) is 7.51. The standard InChI is InChI=1S/C23H29N5O2/c1-14(2)21-20-17(15-10-11-19(24-13-15)27(3)4)12-18(23(29)30)25-22(20)28(26-21)16-8-6-5-7-9-16/h10-14,16H,5-9H2,1-4H3,(H,29,30). The molecule has 0 aromatic carbocycles. The number of carboxylic acids is 1. The van der Waals surface area contributed by atoms with Gasteiger partial charge in [0.15, 0.2) is 11.3 Å². The highest BCUT2D eigenvalue weighted by Gasteiger charge is 2.26. The zero-order chi connectivity index (χ0) is 21.4. The van der Waals surface area contributed by atoms with Crippen molar-refractivity contribution in [1.82, 2.24) is 19.7 Å². The Balaban J connectivity index is 1.98. The Morgan fingerprint density at radius 3 is 2.50 bits per heavy atom. The van der Waals surface area contributed by atoms with Crippen molar-refractivity contribution in [3.63, 3.8) is 0 Å². The van der Waals surface area contributed by atoms with Gasteiger partial charge in [0, 0.05) is 25.9 Å². The molecule has 0 bridgehead atoms. The first-order chi connectivity index (χ1) is 14.4. The van der Waals surface area contributed by atoms with E-state index in [-0.39, 0.29) is 17.7 Å². The van der Waals surface area contributed by atoms with Crippen LogP contribution in [0.1, 0.15) is 74.1 Å². The van der Waals surface area contributed by atoms with Crippen LogP contribution in [-0.4, -0.2) is 44.9 Å². The van der Waals surface area contributed by atoms with E-state index in [1.165, 1.54) is 19.3 Å². The average Bonchev–Trinajstić information content (AvgIpc) is 3.14. The van der Waals surface area contributed by atoms with Gasteiger partial charge in [-0.05, 0) is 42.5 Å². The molecular weight excluding hydrogens is 378 g/mol. The number of rotatable bonds is 5. The van der Waals surface area contributed by atoms with Crippen molar-refractivity contribution in [3.8, 4) is 11.1 Å². The first-order valence-electron chi connectivity index (χ1n) is 10.7. The Labute approximate surface area is 176 Å². The smallest absolute Gasteiger partial charge is 0.354 e.